The summed E-state index contributed by atoms with van der Waals surface area (Å²) in [4.78, 5) is 28.5. The standard InChI is InChI=1S/C19H22N2O3/c1-3-24-18(22)12-17(21-13-15-8-10-20-11-9-15)19(23)16-6-4-14(2)5-7-16/h4-11,17,21H,3,12-13H2,1-2H3. The van der Waals surface area contributed by atoms with E-state index in [0.717, 1.165) is 11.1 Å². The molecule has 0 spiro atoms. The predicted octanol–water partition coefficient (Wildman–Crippen LogP) is 2.68. The molecule has 126 valence electrons. The molecule has 0 aliphatic carbocycles. The maximum absolute atomic E-state index is 12.7. The van der Waals surface area contributed by atoms with Gasteiger partial charge in [-0.25, -0.2) is 0 Å². The number of esters is 1. The van der Waals surface area contributed by atoms with Crippen LogP contribution in [0.25, 0.3) is 0 Å². The van der Waals surface area contributed by atoms with Crippen LogP contribution in [0.5, 0.6) is 0 Å². The molecule has 0 saturated carbocycles. The summed E-state index contributed by atoms with van der Waals surface area (Å²) in [5.41, 5.74) is 2.66. The molecule has 1 heterocycles. The third-order valence-corrected chi connectivity index (χ3v) is 3.63. The van der Waals surface area contributed by atoms with Crippen LogP contribution in [-0.2, 0) is 16.1 Å². The lowest BCUT2D eigenvalue weighted by Gasteiger charge is -2.17. The van der Waals surface area contributed by atoms with Crippen LogP contribution in [0.15, 0.2) is 48.8 Å². The van der Waals surface area contributed by atoms with Gasteiger partial charge in [0.25, 0.3) is 0 Å². The lowest BCUT2D eigenvalue weighted by Crippen LogP contribution is -2.38. The highest BCUT2D eigenvalue weighted by molar-refractivity contribution is 6.01. The van der Waals surface area contributed by atoms with Gasteiger partial charge in [-0.05, 0) is 31.5 Å². The maximum Gasteiger partial charge on any atom is 0.307 e. The number of Topliss-reactive ketones (excluding diaryl/α,β-unsaturated/α-hetero) is 1. The lowest BCUT2D eigenvalue weighted by atomic mass is 10.00. The molecule has 0 fully saturated rings. The van der Waals surface area contributed by atoms with Crippen molar-refractivity contribution in [3.8, 4) is 0 Å². The van der Waals surface area contributed by atoms with Gasteiger partial charge in [-0.2, -0.15) is 0 Å². The Labute approximate surface area is 142 Å². The molecule has 0 bridgehead atoms. The van der Waals surface area contributed by atoms with E-state index in [4.69, 9.17) is 4.74 Å². The van der Waals surface area contributed by atoms with Crippen molar-refractivity contribution in [2.75, 3.05) is 6.61 Å². The Morgan fingerprint density at radius 2 is 1.79 bits per heavy atom. The molecule has 24 heavy (non-hydrogen) atoms. The predicted molar refractivity (Wildman–Crippen MR) is 91.6 cm³/mol. The second-order valence-corrected chi connectivity index (χ2v) is 5.53. The third kappa shape index (κ3) is 5.28. The molecule has 1 unspecified atom stereocenters. The number of rotatable bonds is 8. The molecule has 1 aromatic carbocycles. The molecule has 0 amide bonds. The number of carbonyl (C=O) groups is 2. The number of ether oxygens (including phenoxy) is 1. The minimum Gasteiger partial charge on any atom is -0.466 e. The first-order valence-corrected chi connectivity index (χ1v) is 7.99. The van der Waals surface area contributed by atoms with Crippen LogP contribution in [0.2, 0.25) is 0 Å². The SMILES string of the molecule is CCOC(=O)CC(NCc1ccncc1)C(=O)c1ccc(C)cc1. The molecule has 5 nitrogen and oxygen atoms in total. The summed E-state index contributed by atoms with van der Waals surface area (Å²) in [6.07, 6.45) is 3.39. The van der Waals surface area contributed by atoms with Crippen molar-refractivity contribution < 1.29 is 14.3 Å². The average Bonchev–Trinajstić information content (AvgIpc) is 2.60. The molecule has 0 aliphatic rings. The number of benzene rings is 1. The molecule has 2 rings (SSSR count). The van der Waals surface area contributed by atoms with Gasteiger partial charge in [0.1, 0.15) is 0 Å². The van der Waals surface area contributed by atoms with Gasteiger partial charge in [0.15, 0.2) is 5.78 Å². The summed E-state index contributed by atoms with van der Waals surface area (Å²) in [6, 6.07) is 10.4. The number of aryl methyl sites for hydroxylation is 1. The van der Waals surface area contributed by atoms with Gasteiger partial charge in [0.2, 0.25) is 0 Å². The monoisotopic (exact) mass is 326 g/mol. The smallest absolute Gasteiger partial charge is 0.307 e. The van der Waals surface area contributed by atoms with Crippen molar-refractivity contribution in [1.82, 2.24) is 10.3 Å². The van der Waals surface area contributed by atoms with Crippen molar-refractivity contribution in [1.29, 1.82) is 0 Å². The number of nitrogens with one attached hydrogen (secondary N) is 1. The number of pyridine rings is 1. The molecular weight excluding hydrogens is 304 g/mol. The minimum atomic E-state index is -0.625. The Morgan fingerprint density at radius 1 is 1.12 bits per heavy atom. The topological polar surface area (TPSA) is 68.3 Å². The number of nitrogens with zero attached hydrogens (tertiary/aromatic N) is 1. The molecule has 1 atom stereocenters. The van der Waals surface area contributed by atoms with E-state index < -0.39 is 6.04 Å². The minimum absolute atomic E-state index is 0.00559. The number of hydrogen-bond donors (Lipinski definition) is 1. The molecule has 2 aromatic rings. The van der Waals surface area contributed by atoms with Crippen molar-refractivity contribution in [3.05, 3.63) is 65.5 Å². The first-order chi connectivity index (χ1) is 11.6. The van der Waals surface area contributed by atoms with Crippen molar-refractivity contribution in [2.24, 2.45) is 0 Å². The largest absolute Gasteiger partial charge is 0.466 e. The van der Waals surface area contributed by atoms with Gasteiger partial charge in [-0.15, -0.1) is 0 Å². The highest BCUT2D eigenvalue weighted by Gasteiger charge is 2.23. The molecule has 1 N–H and O–H groups in total. The van der Waals surface area contributed by atoms with E-state index in [1.807, 2.05) is 31.2 Å². The van der Waals surface area contributed by atoms with Gasteiger partial charge in [0, 0.05) is 24.5 Å². The zero-order chi connectivity index (χ0) is 17.4. The molecule has 0 saturated heterocycles. The van der Waals surface area contributed by atoms with Gasteiger partial charge in [0.05, 0.1) is 19.1 Å². The Hall–Kier alpha value is -2.53. The van der Waals surface area contributed by atoms with Crippen LogP contribution in [0.4, 0.5) is 0 Å². The van der Waals surface area contributed by atoms with E-state index in [1.165, 1.54) is 0 Å². The first kappa shape index (κ1) is 17.8. The van der Waals surface area contributed by atoms with E-state index in [2.05, 4.69) is 10.3 Å². The van der Waals surface area contributed by atoms with Crippen LogP contribution in [0, 0.1) is 6.92 Å². The number of carbonyl (C=O) groups excluding carboxylic acids is 2. The normalized spacial score (nSPS) is 11.8. The zero-order valence-corrected chi connectivity index (χ0v) is 14.0. The van der Waals surface area contributed by atoms with Crippen LogP contribution in [-0.4, -0.2) is 29.4 Å². The second-order valence-electron chi connectivity index (χ2n) is 5.53. The highest BCUT2D eigenvalue weighted by Crippen LogP contribution is 2.10. The summed E-state index contributed by atoms with van der Waals surface area (Å²) in [7, 11) is 0. The van der Waals surface area contributed by atoms with Gasteiger partial charge < -0.3 is 10.1 Å². The van der Waals surface area contributed by atoms with Crippen molar-refractivity contribution >= 4 is 11.8 Å². The first-order valence-electron chi connectivity index (χ1n) is 7.99. The van der Waals surface area contributed by atoms with E-state index in [0.29, 0.717) is 18.7 Å². The zero-order valence-electron chi connectivity index (χ0n) is 14.0. The Bertz CT molecular complexity index is 669. The molecular formula is C19H22N2O3. The Kier molecular flexibility index (Phi) is 6.63. The molecule has 0 aliphatic heterocycles. The van der Waals surface area contributed by atoms with Gasteiger partial charge in [-0.1, -0.05) is 29.8 Å². The van der Waals surface area contributed by atoms with Crippen molar-refractivity contribution in [3.63, 3.8) is 0 Å². The van der Waals surface area contributed by atoms with Gasteiger partial charge >= 0.3 is 5.97 Å². The average molecular weight is 326 g/mol. The highest BCUT2D eigenvalue weighted by atomic mass is 16.5. The summed E-state index contributed by atoms with van der Waals surface area (Å²) in [6.45, 7) is 4.49. The summed E-state index contributed by atoms with van der Waals surface area (Å²) < 4.78 is 4.99. The van der Waals surface area contributed by atoms with E-state index in [-0.39, 0.29) is 18.2 Å². The molecule has 0 radical (unpaired) electrons. The van der Waals surface area contributed by atoms with Crippen LogP contribution < -0.4 is 5.32 Å². The molecule has 5 heteroatoms. The van der Waals surface area contributed by atoms with Crippen LogP contribution >= 0.6 is 0 Å². The number of hydrogen-bond acceptors (Lipinski definition) is 5. The molecule has 1 aromatic heterocycles. The summed E-state index contributed by atoms with van der Waals surface area (Å²) >= 11 is 0. The fourth-order valence-electron chi connectivity index (χ4n) is 2.30. The maximum atomic E-state index is 12.7. The third-order valence-electron chi connectivity index (χ3n) is 3.63. The Morgan fingerprint density at radius 3 is 2.42 bits per heavy atom. The number of ketones is 1. The lowest BCUT2D eigenvalue weighted by molar-refractivity contribution is -0.143. The second kappa shape index (κ2) is 8.93. The van der Waals surface area contributed by atoms with Gasteiger partial charge in [-0.3, -0.25) is 14.6 Å². The van der Waals surface area contributed by atoms with E-state index in [1.54, 1.807) is 31.5 Å². The summed E-state index contributed by atoms with van der Waals surface area (Å²) in [5, 5.41) is 3.16. The van der Waals surface area contributed by atoms with E-state index >= 15 is 0 Å². The quantitative estimate of drug-likeness (QED) is 0.597. The fourth-order valence-corrected chi connectivity index (χ4v) is 2.30. The fraction of sp³-hybridized carbons (Fsp3) is 0.316. The van der Waals surface area contributed by atoms with E-state index in [9.17, 15) is 9.59 Å². The van der Waals surface area contributed by atoms with Crippen molar-refractivity contribution in [2.45, 2.75) is 32.9 Å². The van der Waals surface area contributed by atoms with Crippen LogP contribution in [0.3, 0.4) is 0 Å². The van der Waals surface area contributed by atoms with Crippen LogP contribution in [0.1, 0.15) is 34.8 Å². The Balaban J connectivity index is 2.10. The number of aromatic nitrogens is 1. The summed E-state index contributed by atoms with van der Waals surface area (Å²) in [5.74, 6) is -0.498.